The molecule has 0 saturated carbocycles. The van der Waals surface area contributed by atoms with E-state index in [4.69, 9.17) is 5.53 Å². The van der Waals surface area contributed by atoms with Crippen molar-refractivity contribution >= 4 is 5.82 Å². The number of azide groups is 1. The Morgan fingerprint density at radius 2 is 2.00 bits per heavy atom. The summed E-state index contributed by atoms with van der Waals surface area (Å²) in [5.74, 6) is 1.24. The molecule has 0 bridgehead atoms. The van der Waals surface area contributed by atoms with Crippen LogP contribution in [-0.4, -0.2) is 9.55 Å². The Morgan fingerprint density at radius 1 is 1.31 bits per heavy atom. The van der Waals surface area contributed by atoms with Crippen molar-refractivity contribution in [2.45, 2.75) is 6.92 Å². The van der Waals surface area contributed by atoms with Crippen LogP contribution < -0.4 is 0 Å². The highest BCUT2D eigenvalue weighted by Crippen LogP contribution is 2.25. The Bertz CT molecular complexity index is 549. The summed E-state index contributed by atoms with van der Waals surface area (Å²) in [5.41, 5.74) is 10.3. The van der Waals surface area contributed by atoms with Gasteiger partial charge in [-0.25, -0.2) is 4.98 Å². The van der Waals surface area contributed by atoms with E-state index in [9.17, 15) is 0 Å². The predicted octanol–water partition coefficient (Wildman–Crippen LogP) is 3.34. The summed E-state index contributed by atoms with van der Waals surface area (Å²) in [6, 6.07) is 9.80. The minimum Gasteiger partial charge on any atom is -0.331 e. The highest BCUT2D eigenvalue weighted by atomic mass is 15.2. The Labute approximate surface area is 93.0 Å². The normalized spacial score (nSPS) is 9.88. The summed E-state index contributed by atoms with van der Waals surface area (Å²) in [6.07, 6.45) is 0. The molecule has 5 heteroatoms. The third-order valence-corrected chi connectivity index (χ3v) is 2.53. The number of hydrogen-bond donors (Lipinski definition) is 0. The first-order valence-electron chi connectivity index (χ1n) is 4.88. The molecule has 1 aromatic carbocycles. The van der Waals surface area contributed by atoms with E-state index in [1.807, 2.05) is 48.9 Å². The number of hydrogen-bond acceptors (Lipinski definition) is 2. The summed E-state index contributed by atoms with van der Waals surface area (Å²) in [4.78, 5) is 7.08. The first kappa shape index (κ1) is 10.3. The number of rotatable bonds is 2. The zero-order chi connectivity index (χ0) is 11.5. The van der Waals surface area contributed by atoms with Crippen LogP contribution in [0.3, 0.4) is 0 Å². The molecule has 2 rings (SSSR count). The summed E-state index contributed by atoms with van der Waals surface area (Å²) in [6.45, 7) is 1.88. The molecule has 2 aromatic rings. The van der Waals surface area contributed by atoms with Gasteiger partial charge in [-0.2, -0.15) is 0 Å². The minimum absolute atomic E-state index is 0.434. The summed E-state index contributed by atoms with van der Waals surface area (Å²) in [5, 5.41) is 3.56. The van der Waals surface area contributed by atoms with Crippen molar-refractivity contribution in [2.24, 2.45) is 12.2 Å². The van der Waals surface area contributed by atoms with Crippen LogP contribution in [0, 0.1) is 6.92 Å². The average molecular weight is 213 g/mol. The fraction of sp³-hybridized carbons (Fsp3) is 0.182. The zero-order valence-electron chi connectivity index (χ0n) is 9.12. The highest BCUT2D eigenvalue weighted by Gasteiger charge is 2.10. The molecule has 0 unspecified atom stereocenters. The Kier molecular flexibility index (Phi) is 2.62. The molecule has 1 aromatic heterocycles. The lowest BCUT2D eigenvalue weighted by Crippen LogP contribution is -1.94. The van der Waals surface area contributed by atoms with E-state index in [0.717, 1.165) is 17.1 Å². The van der Waals surface area contributed by atoms with Crippen molar-refractivity contribution in [1.82, 2.24) is 9.55 Å². The van der Waals surface area contributed by atoms with Gasteiger partial charge < -0.3 is 4.57 Å². The van der Waals surface area contributed by atoms with Crippen molar-refractivity contribution in [1.29, 1.82) is 0 Å². The van der Waals surface area contributed by atoms with Crippen LogP contribution in [0.15, 0.2) is 35.4 Å². The molecular formula is C11H11N5. The van der Waals surface area contributed by atoms with Crippen LogP contribution >= 0.6 is 0 Å². The Morgan fingerprint density at radius 3 is 2.62 bits per heavy atom. The lowest BCUT2D eigenvalue weighted by molar-refractivity contribution is 0.884. The molecule has 0 fully saturated rings. The van der Waals surface area contributed by atoms with Gasteiger partial charge >= 0.3 is 0 Å². The van der Waals surface area contributed by atoms with Gasteiger partial charge in [0.2, 0.25) is 0 Å². The number of imidazole rings is 1. The summed E-state index contributed by atoms with van der Waals surface area (Å²) in [7, 11) is 1.90. The van der Waals surface area contributed by atoms with Gasteiger partial charge in [-0.15, -0.1) is 0 Å². The molecule has 0 N–H and O–H groups in total. The standard InChI is InChI=1S/C11H11N5/c1-8-10(14-15-12)13-11(16(8)2)9-6-4-3-5-7-9/h3-7H,1-2H3. The maximum atomic E-state index is 8.42. The molecule has 0 saturated heterocycles. The largest absolute Gasteiger partial charge is 0.331 e. The lowest BCUT2D eigenvalue weighted by Gasteiger charge is -2.02. The van der Waals surface area contributed by atoms with Crippen LogP contribution in [-0.2, 0) is 7.05 Å². The SMILES string of the molecule is Cc1c(N=[N+]=[N-])nc(-c2ccccc2)n1C. The Hall–Kier alpha value is -2.26. The van der Waals surface area contributed by atoms with Gasteiger partial charge in [0.05, 0.1) is 0 Å². The monoisotopic (exact) mass is 213 g/mol. The molecule has 1 heterocycles. The second kappa shape index (κ2) is 4.08. The molecule has 0 aliphatic carbocycles. The second-order valence-corrected chi connectivity index (χ2v) is 3.46. The predicted molar refractivity (Wildman–Crippen MR) is 62.2 cm³/mol. The van der Waals surface area contributed by atoms with Crippen LogP contribution in [0.5, 0.6) is 0 Å². The fourth-order valence-electron chi connectivity index (χ4n) is 1.55. The van der Waals surface area contributed by atoms with Gasteiger partial charge in [0.25, 0.3) is 0 Å². The van der Waals surface area contributed by atoms with Crippen LogP contribution in [0.25, 0.3) is 21.8 Å². The summed E-state index contributed by atoms with van der Waals surface area (Å²) < 4.78 is 1.92. The van der Waals surface area contributed by atoms with Gasteiger partial charge in [0, 0.05) is 23.2 Å². The van der Waals surface area contributed by atoms with Crippen molar-refractivity contribution in [2.75, 3.05) is 0 Å². The number of aromatic nitrogens is 2. The minimum atomic E-state index is 0.434. The van der Waals surface area contributed by atoms with E-state index >= 15 is 0 Å². The lowest BCUT2D eigenvalue weighted by atomic mass is 10.2. The van der Waals surface area contributed by atoms with Crippen LogP contribution in [0.4, 0.5) is 5.82 Å². The van der Waals surface area contributed by atoms with E-state index < -0.39 is 0 Å². The van der Waals surface area contributed by atoms with Gasteiger partial charge in [0.15, 0.2) is 0 Å². The first-order chi connectivity index (χ1) is 7.74. The van der Waals surface area contributed by atoms with Gasteiger partial charge in [-0.1, -0.05) is 30.3 Å². The third kappa shape index (κ3) is 1.64. The van der Waals surface area contributed by atoms with E-state index in [-0.39, 0.29) is 0 Å². The highest BCUT2D eigenvalue weighted by molar-refractivity contribution is 5.59. The van der Waals surface area contributed by atoms with Crippen molar-refractivity contribution in [3.63, 3.8) is 0 Å². The first-order valence-corrected chi connectivity index (χ1v) is 4.88. The maximum Gasteiger partial charge on any atom is 0.148 e. The molecule has 80 valence electrons. The molecule has 0 radical (unpaired) electrons. The molecule has 0 spiro atoms. The van der Waals surface area contributed by atoms with Crippen molar-refractivity contribution in [3.05, 3.63) is 46.5 Å². The van der Waals surface area contributed by atoms with Crippen molar-refractivity contribution in [3.8, 4) is 11.4 Å². The maximum absolute atomic E-state index is 8.42. The second-order valence-electron chi connectivity index (χ2n) is 3.46. The topological polar surface area (TPSA) is 66.6 Å². The molecule has 5 nitrogen and oxygen atoms in total. The van der Waals surface area contributed by atoms with Crippen LogP contribution in [0.1, 0.15) is 5.69 Å². The van der Waals surface area contributed by atoms with E-state index in [2.05, 4.69) is 15.0 Å². The summed E-state index contributed by atoms with van der Waals surface area (Å²) >= 11 is 0. The van der Waals surface area contributed by atoms with Gasteiger partial charge in [-0.3, -0.25) is 0 Å². The molecular weight excluding hydrogens is 202 g/mol. The molecule has 0 aliphatic heterocycles. The molecule has 0 atom stereocenters. The van der Waals surface area contributed by atoms with Crippen LogP contribution in [0.2, 0.25) is 0 Å². The molecule has 0 amide bonds. The smallest absolute Gasteiger partial charge is 0.148 e. The third-order valence-electron chi connectivity index (χ3n) is 2.53. The number of benzene rings is 1. The average Bonchev–Trinajstić information content (AvgIpc) is 2.59. The van der Waals surface area contributed by atoms with E-state index in [1.165, 1.54) is 0 Å². The van der Waals surface area contributed by atoms with Gasteiger partial charge in [0.1, 0.15) is 11.6 Å². The molecule has 0 aliphatic rings. The molecule has 16 heavy (non-hydrogen) atoms. The van der Waals surface area contributed by atoms with E-state index in [1.54, 1.807) is 0 Å². The number of nitrogens with zero attached hydrogens (tertiary/aromatic N) is 5. The van der Waals surface area contributed by atoms with Crippen molar-refractivity contribution < 1.29 is 0 Å². The zero-order valence-corrected chi connectivity index (χ0v) is 9.12. The van der Waals surface area contributed by atoms with Gasteiger partial charge in [-0.05, 0) is 17.6 Å². The van der Waals surface area contributed by atoms with E-state index in [0.29, 0.717) is 5.82 Å². The Balaban J connectivity index is 2.59. The quantitative estimate of drug-likeness (QED) is 0.428. The fourth-order valence-corrected chi connectivity index (χ4v) is 1.55.